The number of aliphatic imine (C=N–C) groups is 1. The van der Waals surface area contributed by atoms with Gasteiger partial charge in [0.2, 0.25) is 0 Å². The smallest absolute Gasteiger partial charge is 0.251 e. The van der Waals surface area contributed by atoms with Crippen LogP contribution < -0.4 is 16.0 Å². The van der Waals surface area contributed by atoms with Gasteiger partial charge in [-0.1, -0.05) is 25.0 Å². The number of hydrogen-bond donors (Lipinski definition) is 3. The Bertz CT molecular complexity index is 676. The van der Waals surface area contributed by atoms with Crippen molar-refractivity contribution in [3.8, 4) is 0 Å². The highest BCUT2D eigenvalue weighted by Gasteiger charge is 2.27. The number of carbonyl (C=O) groups excluding carboxylic acids is 1. The molecule has 2 fully saturated rings. The summed E-state index contributed by atoms with van der Waals surface area (Å²) in [5.74, 6) is 0.864. The maximum atomic E-state index is 11.8. The molecule has 0 atom stereocenters. The summed E-state index contributed by atoms with van der Waals surface area (Å²) in [5.41, 5.74) is 1.84. The molecule has 29 heavy (non-hydrogen) atoms. The number of nitrogens with one attached hydrogen (secondary N) is 3. The van der Waals surface area contributed by atoms with Crippen LogP contribution in [0.4, 0.5) is 0 Å². The molecule has 0 bridgehead atoms. The van der Waals surface area contributed by atoms with E-state index in [-0.39, 0.29) is 5.91 Å². The average Bonchev–Trinajstić information content (AvgIpc) is 3.29. The van der Waals surface area contributed by atoms with Gasteiger partial charge >= 0.3 is 0 Å². The Kier molecular flexibility index (Phi) is 8.35. The lowest BCUT2D eigenvalue weighted by atomic mass is 10.0. The van der Waals surface area contributed by atoms with E-state index in [0.717, 1.165) is 30.5 Å². The minimum Gasteiger partial charge on any atom is -0.357 e. The van der Waals surface area contributed by atoms with Crippen LogP contribution in [0, 0.1) is 0 Å². The Morgan fingerprint density at radius 1 is 1.17 bits per heavy atom. The summed E-state index contributed by atoms with van der Waals surface area (Å²) < 4.78 is 0. The lowest BCUT2D eigenvalue weighted by Crippen LogP contribution is -2.50. The van der Waals surface area contributed by atoms with Gasteiger partial charge in [0.1, 0.15) is 0 Å². The molecule has 1 aliphatic carbocycles. The molecule has 1 heterocycles. The molecule has 0 radical (unpaired) electrons. The largest absolute Gasteiger partial charge is 0.357 e. The van der Waals surface area contributed by atoms with E-state index in [0.29, 0.717) is 18.2 Å². The Balaban J connectivity index is 1.48. The third kappa shape index (κ3) is 6.46. The van der Waals surface area contributed by atoms with Gasteiger partial charge in [0.15, 0.2) is 5.96 Å². The molecule has 6 nitrogen and oxygen atoms in total. The number of likely N-dealkylation sites (tertiary alicyclic amines) is 1. The molecule has 160 valence electrons. The van der Waals surface area contributed by atoms with Crippen molar-refractivity contribution in [2.75, 3.05) is 33.2 Å². The third-order valence-electron chi connectivity index (χ3n) is 6.14. The zero-order valence-electron chi connectivity index (χ0n) is 18.0. The quantitative estimate of drug-likeness (QED) is 0.487. The van der Waals surface area contributed by atoms with Crippen molar-refractivity contribution in [1.29, 1.82) is 0 Å². The van der Waals surface area contributed by atoms with E-state index in [4.69, 9.17) is 4.99 Å². The molecule has 0 unspecified atom stereocenters. The summed E-state index contributed by atoms with van der Waals surface area (Å²) in [6.07, 6.45) is 8.80. The van der Waals surface area contributed by atoms with Gasteiger partial charge in [0.05, 0.1) is 0 Å². The van der Waals surface area contributed by atoms with Crippen molar-refractivity contribution in [3.05, 3.63) is 35.4 Å². The molecule has 3 N–H and O–H groups in total. The first kappa shape index (κ1) is 21.6. The van der Waals surface area contributed by atoms with E-state index in [9.17, 15) is 4.79 Å². The van der Waals surface area contributed by atoms with Crippen molar-refractivity contribution in [3.63, 3.8) is 0 Å². The summed E-state index contributed by atoms with van der Waals surface area (Å²) >= 11 is 0. The Morgan fingerprint density at radius 3 is 2.62 bits per heavy atom. The first-order valence-electron chi connectivity index (χ1n) is 11.3. The standard InChI is InChI=1S/C23H37N5O/c1-3-25-23(26-14-11-18-7-6-8-19(17-18)22(29)24-2)27-20-12-15-28(16-13-20)21-9-4-5-10-21/h6-8,17,20-21H,3-5,9-16H2,1-2H3,(H,24,29)(H2,25,26,27). The van der Waals surface area contributed by atoms with Crippen molar-refractivity contribution >= 4 is 11.9 Å². The van der Waals surface area contributed by atoms with Gasteiger partial charge in [-0.25, -0.2) is 0 Å². The predicted molar refractivity (Wildman–Crippen MR) is 120 cm³/mol. The van der Waals surface area contributed by atoms with Crippen LogP contribution in [0.15, 0.2) is 29.3 Å². The van der Waals surface area contributed by atoms with Crippen LogP contribution in [-0.2, 0) is 6.42 Å². The molecular weight excluding hydrogens is 362 g/mol. The van der Waals surface area contributed by atoms with Crippen LogP contribution in [0.1, 0.15) is 61.4 Å². The molecule has 1 saturated carbocycles. The van der Waals surface area contributed by atoms with Gasteiger partial charge < -0.3 is 20.9 Å². The fourth-order valence-electron chi connectivity index (χ4n) is 4.50. The second-order valence-electron chi connectivity index (χ2n) is 8.18. The van der Waals surface area contributed by atoms with Gasteiger partial charge in [0, 0.05) is 50.9 Å². The van der Waals surface area contributed by atoms with Crippen LogP contribution in [0.3, 0.4) is 0 Å². The topological polar surface area (TPSA) is 68.8 Å². The lowest BCUT2D eigenvalue weighted by molar-refractivity contribution is 0.0963. The second-order valence-corrected chi connectivity index (χ2v) is 8.18. The number of guanidine groups is 1. The Hall–Kier alpha value is -2.08. The second kappa shape index (κ2) is 11.2. The van der Waals surface area contributed by atoms with E-state index in [1.807, 2.05) is 18.2 Å². The number of hydrogen-bond acceptors (Lipinski definition) is 3. The van der Waals surface area contributed by atoms with Gasteiger partial charge in [-0.2, -0.15) is 0 Å². The van der Waals surface area contributed by atoms with E-state index in [2.05, 4.69) is 33.8 Å². The van der Waals surface area contributed by atoms with Crippen molar-refractivity contribution in [2.24, 2.45) is 4.99 Å². The molecule has 0 aromatic heterocycles. The highest BCUT2D eigenvalue weighted by Crippen LogP contribution is 2.26. The van der Waals surface area contributed by atoms with Crippen molar-refractivity contribution in [1.82, 2.24) is 20.9 Å². The van der Waals surface area contributed by atoms with Crippen LogP contribution >= 0.6 is 0 Å². The molecule has 1 aromatic carbocycles. The van der Waals surface area contributed by atoms with Gasteiger partial charge in [0.25, 0.3) is 5.91 Å². The lowest BCUT2D eigenvalue weighted by Gasteiger charge is -2.36. The van der Waals surface area contributed by atoms with Gasteiger partial charge in [-0.15, -0.1) is 0 Å². The average molecular weight is 400 g/mol. The first-order chi connectivity index (χ1) is 14.2. The molecule has 1 saturated heterocycles. The highest BCUT2D eigenvalue weighted by atomic mass is 16.1. The minimum atomic E-state index is -0.0469. The Morgan fingerprint density at radius 2 is 1.93 bits per heavy atom. The normalized spacial score (nSPS) is 19.3. The number of carbonyl (C=O) groups is 1. The number of piperidine rings is 1. The summed E-state index contributed by atoms with van der Waals surface area (Å²) in [5, 5.41) is 9.70. The zero-order valence-corrected chi connectivity index (χ0v) is 18.0. The third-order valence-corrected chi connectivity index (χ3v) is 6.14. The monoisotopic (exact) mass is 399 g/mol. The van der Waals surface area contributed by atoms with E-state index in [1.165, 1.54) is 51.6 Å². The molecule has 6 heteroatoms. The van der Waals surface area contributed by atoms with Crippen LogP contribution in [-0.4, -0.2) is 62.1 Å². The first-order valence-corrected chi connectivity index (χ1v) is 11.3. The summed E-state index contributed by atoms with van der Waals surface area (Å²) in [7, 11) is 1.66. The molecule has 0 spiro atoms. The number of rotatable bonds is 7. The predicted octanol–water partition coefficient (Wildman–Crippen LogP) is 2.55. The Labute approximate surface area is 175 Å². The summed E-state index contributed by atoms with van der Waals surface area (Å²) in [6.45, 7) is 6.07. The minimum absolute atomic E-state index is 0.0469. The SMILES string of the molecule is CCNC(=NCCc1cccc(C(=O)NC)c1)NC1CCN(C2CCCC2)CC1. The van der Waals surface area contributed by atoms with E-state index in [1.54, 1.807) is 7.05 Å². The van der Waals surface area contributed by atoms with Crippen LogP contribution in [0.25, 0.3) is 0 Å². The number of nitrogens with zero attached hydrogens (tertiary/aromatic N) is 2. The number of amides is 1. The zero-order chi connectivity index (χ0) is 20.5. The van der Waals surface area contributed by atoms with Crippen LogP contribution in [0.2, 0.25) is 0 Å². The van der Waals surface area contributed by atoms with Crippen molar-refractivity contribution in [2.45, 2.75) is 64.0 Å². The molecule has 3 rings (SSSR count). The fraction of sp³-hybridized carbons (Fsp3) is 0.652. The number of benzene rings is 1. The molecule has 1 amide bonds. The highest BCUT2D eigenvalue weighted by molar-refractivity contribution is 5.94. The molecule has 1 aliphatic heterocycles. The molecule has 1 aromatic rings. The van der Waals surface area contributed by atoms with Gasteiger partial charge in [-0.3, -0.25) is 9.79 Å². The van der Waals surface area contributed by atoms with Crippen molar-refractivity contribution < 1.29 is 4.79 Å². The van der Waals surface area contributed by atoms with Gasteiger partial charge in [-0.05, 0) is 56.7 Å². The molecule has 2 aliphatic rings. The maximum absolute atomic E-state index is 11.8. The van der Waals surface area contributed by atoms with E-state index >= 15 is 0 Å². The van der Waals surface area contributed by atoms with Crippen LogP contribution in [0.5, 0.6) is 0 Å². The summed E-state index contributed by atoms with van der Waals surface area (Å²) in [4.78, 5) is 19.3. The maximum Gasteiger partial charge on any atom is 0.251 e. The molecular formula is C23H37N5O. The summed E-state index contributed by atoms with van der Waals surface area (Å²) in [6, 6.07) is 9.12. The fourth-order valence-corrected chi connectivity index (χ4v) is 4.50. The van der Waals surface area contributed by atoms with E-state index < -0.39 is 0 Å².